The quantitative estimate of drug-likeness (QED) is 0.634. The molecule has 0 aliphatic carbocycles. The topological polar surface area (TPSA) is 63.5 Å². The standard InChI is InChI=1S/C11H18N2O3/c1-15-6-3-5-13-11(14)9-12-8-10-4-2-7-16-10/h2,4,7,12H,3,5-6,8-9H2,1H3,(H,13,14). The van der Waals surface area contributed by atoms with Gasteiger partial charge in [0, 0.05) is 20.3 Å². The summed E-state index contributed by atoms with van der Waals surface area (Å²) >= 11 is 0. The lowest BCUT2D eigenvalue weighted by Gasteiger charge is -2.05. The fourth-order valence-electron chi connectivity index (χ4n) is 1.22. The van der Waals surface area contributed by atoms with Crippen molar-refractivity contribution in [3.63, 3.8) is 0 Å². The minimum Gasteiger partial charge on any atom is -0.468 e. The van der Waals surface area contributed by atoms with Crippen molar-refractivity contribution >= 4 is 5.91 Å². The number of amides is 1. The van der Waals surface area contributed by atoms with E-state index in [0.29, 0.717) is 26.2 Å². The van der Waals surface area contributed by atoms with Crippen molar-refractivity contribution in [2.24, 2.45) is 0 Å². The molecule has 5 heteroatoms. The predicted octanol–water partition coefficient (Wildman–Crippen LogP) is 0.522. The van der Waals surface area contributed by atoms with Gasteiger partial charge in [-0.2, -0.15) is 0 Å². The number of hydrogen-bond acceptors (Lipinski definition) is 4. The highest BCUT2D eigenvalue weighted by Gasteiger charge is 2.00. The first-order valence-corrected chi connectivity index (χ1v) is 5.31. The van der Waals surface area contributed by atoms with E-state index in [1.165, 1.54) is 0 Å². The molecule has 5 nitrogen and oxygen atoms in total. The van der Waals surface area contributed by atoms with E-state index in [1.807, 2.05) is 12.1 Å². The second-order valence-electron chi connectivity index (χ2n) is 3.38. The lowest BCUT2D eigenvalue weighted by Crippen LogP contribution is -2.34. The molecule has 0 aliphatic heterocycles. The maximum atomic E-state index is 11.3. The van der Waals surface area contributed by atoms with Gasteiger partial charge in [0.2, 0.25) is 5.91 Å². The Morgan fingerprint density at radius 2 is 2.44 bits per heavy atom. The summed E-state index contributed by atoms with van der Waals surface area (Å²) in [4.78, 5) is 11.3. The lowest BCUT2D eigenvalue weighted by atomic mass is 10.4. The molecular formula is C11H18N2O3. The summed E-state index contributed by atoms with van der Waals surface area (Å²) in [6.45, 7) is 2.18. The summed E-state index contributed by atoms with van der Waals surface area (Å²) in [5.41, 5.74) is 0. The Hall–Kier alpha value is -1.33. The van der Waals surface area contributed by atoms with Crippen LogP contribution in [0, 0.1) is 0 Å². The van der Waals surface area contributed by atoms with Gasteiger partial charge in [-0.05, 0) is 18.6 Å². The molecule has 0 unspecified atom stereocenters. The van der Waals surface area contributed by atoms with Gasteiger partial charge in [0.15, 0.2) is 0 Å². The van der Waals surface area contributed by atoms with Crippen molar-refractivity contribution < 1.29 is 13.9 Å². The molecule has 0 saturated heterocycles. The average molecular weight is 226 g/mol. The molecule has 1 aromatic heterocycles. The summed E-state index contributed by atoms with van der Waals surface area (Å²) in [5.74, 6) is 0.815. The number of furan rings is 1. The lowest BCUT2D eigenvalue weighted by molar-refractivity contribution is -0.120. The Morgan fingerprint density at radius 3 is 3.12 bits per heavy atom. The molecule has 0 aliphatic rings. The number of carbonyl (C=O) groups is 1. The van der Waals surface area contributed by atoms with E-state index in [-0.39, 0.29) is 5.91 Å². The van der Waals surface area contributed by atoms with Crippen molar-refractivity contribution in [2.75, 3.05) is 26.8 Å². The number of hydrogen-bond donors (Lipinski definition) is 2. The van der Waals surface area contributed by atoms with E-state index in [9.17, 15) is 4.79 Å². The molecule has 0 aromatic carbocycles. The van der Waals surface area contributed by atoms with Gasteiger partial charge in [0.1, 0.15) is 5.76 Å². The number of nitrogens with one attached hydrogen (secondary N) is 2. The van der Waals surface area contributed by atoms with Gasteiger partial charge < -0.3 is 19.8 Å². The summed E-state index contributed by atoms with van der Waals surface area (Å²) in [7, 11) is 1.65. The van der Waals surface area contributed by atoms with E-state index >= 15 is 0 Å². The van der Waals surface area contributed by atoms with E-state index in [2.05, 4.69) is 10.6 Å². The minimum atomic E-state index is -0.0114. The molecule has 1 rings (SSSR count). The highest BCUT2D eigenvalue weighted by atomic mass is 16.5. The molecule has 1 aromatic rings. The Balaban J connectivity index is 1.98. The van der Waals surface area contributed by atoms with Crippen LogP contribution in [0.5, 0.6) is 0 Å². The summed E-state index contributed by atoms with van der Waals surface area (Å²) < 4.78 is 9.99. The van der Waals surface area contributed by atoms with Crippen LogP contribution in [0.2, 0.25) is 0 Å². The van der Waals surface area contributed by atoms with Crippen LogP contribution < -0.4 is 10.6 Å². The predicted molar refractivity (Wildman–Crippen MR) is 59.9 cm³/mol. The number of carbonyl (C=O) groups excluding carboxylic acids is 1. The Bertz CT molecular complexity index is 285. The van der Waals surface area contributed by atoms with E-state index in [0.717, 1.165) is 12.2 Å². The van der Waals surface area contributed by atoms with Gasteiger partial charge in [-0.25, -0.2) is 0 Å². The summed E-state index contributed by atoms with van der Waals surface area (Å²) in [6, 6.07) is 3.69. The van der Waals surface area contributed by atoms with Crippen molar-refractivity contribution in [1.82, 2.24) is 10.6 Å². The molecule has 0 spiro atoms. The van der Waals surface area contributed by atoms with Crippen LogP contribution in [0.4, 0.5) is 0 Å². The van der Waals surface area contributed by atoms with Crippen LogP contribution in [-0.2, 0) is 16.1 Å². The molecule has 1 heterocycles. The van der Waals surface area contributed by atoms with Gasteiger partial charge in [0.25, 0.3) is 0 Å². The molecule has 0 radical (unpaired) electrons. The maximum absolute atomic E-state index is 11.3. The maximum Gasteiger partial charge on any atom is 0.233 e. The molecular weight excluding hydrogens is 208 g/mol. The number of methoxy groups -OCH3 is 1. The summed E-state index contributed by atoms with van der Waals surface area (Å²) in [5, 5.41) is 5.78. The molecule has 1 amide bonds. The molecule has 0 fully saturated rings. The van der Waals surface area contributed by atoms with Crippen LogP contribution in [0.1, 0.15) is 12.2 Å². The molecule has 0 bridgehead atoms. The summed E-state index contributed by atoms with van der Waals surface area (Å²) in [6.07, 6.45) is 2.45. The Kier molecular flexibility index (Phi) is 6.29. The van der Waals surface area contributed by atoms with Crippen molar-refractivity contribution in [3.8, 4) is 0 Å². The SMILES string of the molecule is COCCCNC(=O)CNCc1ccco1. The second-order valence-corrected chi connectivity index (χ2v) is 3.38. The van der Waals surface area contributed by atoms with Gasteiger partial charge >= 0.3 is 0 Å². The van der Waals surface area contributed by atoms with Crippen LogP contribution >= 0.6 is 0 Å². The van der Waals surface area contributed by atoms with Crippen molar-refractivity contribution in [1.29, 1.82) is 0 Å². The Labute approximate surface area is 95.2 Å². The van der Waals surface area contributed by atoms with E-state index < -0.39 is 0 Å². The third-order valence-corrected chi connectivity index (χ3v) is 2.01. The third kappa shape index (κ3) is 5.53. The Morgan fingerprint density at radius 1 is 1.56 bits per heavy atom. The van der Waals surface area contributed by atoms with Gasteiger partial charge in [-0.1, -0.05) is 0 Å². The first-order chi connectivity index (χ1) is 7.83. The van der Waals surface area contributed by atoms with Crippen LogP contribution in [0.15, 0.2) is 22.8 Å². The van der Waals surface area contributed by atoms with Gasteiger partial charge in [0.05, 0.1) is 19.4 Å². The number of ether oxygens (including phenoxy) is 1. The zero-order valence-electron chi connectivity index (χ0n) is 9.49. The molecule has 2 N–H and O–H groups in total. The molecule has 90 valence electrons. The highest BCUT2D eigenvalue weighted by Crippen LogP contribution is 1.97. The molecule has 0 saturated carbocycles. The zero-order valence-corrected chi connectivity index (χ0v) is 9.49. The first kappa shape index (κ1) is 12.7. The van der Waals surface area contributed by atoms with Gasteiger partial charge in [-0.3, -0.25) is 4.79 Å². The third-order valence-electron chi connectivity index (χ3n) is 2.01. The number of rotatable bonds is 8. The molecule has 0 atom stereocenters. The normalized spacial score (nSPS) is 10.3. The van der Waals surface area contributed by atoms with E-state index in [4.69, 9.17) is 9.15 Å². The monoisotopic (exact) mass is 226 g/mol. The minimum absolute atomic E-state index is 0.0114. The fraction of sp³-hybridized carbons (Fsp3) is 0.545. The smallest absolute Gasteiger partial charge is 0.233 e. The first-order valence-electron chi connectivity index (χ1n) is 5.31. The second kappa shape index (κ2) is 7.90. The van der Waals surface area contributed by atoms with Crippen LogP contribution in [0.25, 0.3) is 0 Å². The van der Waals surface area contributed by atoms with Crippen LogP contribution in [-0.4, -0.2) is 32.7 Å². The van der Waals surface area contributed by atoms with Gasteiger partial charge in [-0.15, -0.1) is 0 Å². The van der Waals surface area contributed by atoms with E-state index in [1.54, 1.807) is 13.4 Å². The fourth-order valence-corrected chi connectivity index (χ4v) is 1.22. The largest absolute Gasteiger partial charge is 0.468 e. The molecule has 16 heavy (non-hydrogen) atoms. The van der Waals surface area contributed by atoms with Crippen LogP contribution in [0.3, 0.4) is 0 Å². The van der Waals surface area contributed by atoms with Crippen molar-refractivity contribution in [2.45, 2.75) is 13.0 Å². The highest BCUT2D eigenvalue weighted by molar-refractivity contribution is 5.77. The zero-order chi connectivity index (χ0) is 11.6. The average Bonchev–Trinajstić information content (AvgIpc) is 2.77. The van der Waals surface area contributed by atoms with Crippen molar-refractivity contribution in [3.05, 3.63) is 24.2 Å².